The molecule has 0 radical (unpaired) electrons. The average molecular weight is 361 g/mol. The fourth-order valence-corrected chi connectivity index (χ4v) is 3.37. The molecule has 9 nitrogen and oxygen atoms in total. The van der Waals surface area contributed by atoms with Crippen LogP contribution >= 0.6 is 0 Å². The van der Waals surface area contributed by atoms with Crippen LogP contribution in [0.15, 0.2) is 10.6 Å². The molecule has 0 spiro atoms. The Hall–Kier alpha value is -2.97. The van der Waals surface area contributed by atoms with Gasteiger partial charge < -0.3 is 14.4 Å². The number of phenols is 1. The molecule has 138 valence electrons. The number of nitro benzene ring substituents is 1. The highest BCUT2D eigenvalue weighted by Crippen LogP contribution is 2.45. The lowest BCUT2D eigenvalue weighted by Crippen LogP contribution is -2.20. The van der Waals surface area contributed by atoms with Crippen molar-refractivity contribution in [3.8, 4) is 22.9 Å². The lowest BCUT2D eigenvalue weighted by Gasteiger charge is -2.21. The van der Waals surface area contributed by atoms with Crippen molar-refractivity contribution in [3.63, 3.8) is 0 Å². The van der Waals surface area contributed by atoms with E-state index in [1.165, 1.54) is 13.2 Å². The van der Waals surface area contributed by atoms with Crippen molar-refractivity contribution in [2.75, 3.05) is 7.11 Å². The van der Waals surface area contributed by atoms with E-state index in [1.54, 1.807) is 6.92 Å². The Labute approximate surface area is 149 Å². The molecule has 1 N–H and O–H groups in total. The van der Waals surface area contributed by atoms with Gasteiger partial charge in [0.2, 0.25) is 17.5 Å². The first-order valence-electron chi connectivity index (χ1n) is 8.37. The highest BCUT2D eigenvalue weighted by Gasteiger charge is 2.36. The lowest BCUT2D eigenvalue weighted by atomic mass is 9.82. The maximum absolute atomic E-state index is 13.1. The largest absolute Gasteiger partial charge is 0.499 e. The van der Waals surface area contributed by atoms with Crippen LogP contribution in [0.2, 0.25) is 0 Å². The minimum Gasteiger partial charge on any atom is -0.499 e. The summed E-state index contributed by atoms with van der Waals surface area (Å²) in [7, 11) is 1.27. The zero-order valence-corrected chi connectivity index (χ0v) is 14.5. The van der Waals surface area contributed by atoms with Crippen molar-refractivity contribution in [2.24, 2.45) is 5.92 Å². The smallest absolute Gasteiger partial charge is 0.326 e. The van der Waals surface area contributed by atoms with Crippen molar-refractivity contribution in [2.45, 2.75) is 39.0 Å². The molecule has 0 bridgehead atoms. The number of ether oxygens (including phenoxy) is 1. The van der Waals surface area contributed by atoms with Crippen LogP contribution in [0.5, 0.6) is 11.5 Å². The molecule has 1 heterocycles. The maximum Gasteiger partial charge on any atom is 0.326 e. The number of nitrogens with zero attached hydrogens (tertiary/aromatic N) is 3. The normalized spacial score (nSPS) is 15.0. The highest BCUT2D eigenvalue weighted by atomic mass is 16.6. The number of hydrogen-bond donors (Lipinski definition) is 1. The maximum atomic E-state index is 13.1. The summed E-state index contributed by atoms with van der Waals surface area (Å²) in [5.41, 5.74) is -0.753. The molecule has 1 aliphatic carbocycles. The van der Waals surface area contributed by atoms with Crippen LogP contribution < -0.4 is 4.74 Å². The van der Waals surface area contributed by atoms with Gasteiger partial charge in [0.1, 0.15) is 5.56 Å². The average Bonchev–Trinajstić information content (AvgIpc) is 3.07. The molecular weight excluding hydrogens is 342 g/mol. The van der Waals surface area contributed by atoms with Crippen molar-refractivity contribution in [1.82, 2.24) is 10.1 Å². The van der Waals surface area contributed by atoms with Gasteiger partial charge in [0.25, 0.3) is 0 Å². The molecule has 0 unspecified atom stereocenters. The van der Waals surface area contributed by atoms with E-state index in [0.29, 0.717) is 12.8 Å². The van der Waals surface area contributed by atoms with Crippen LogP contribution in [0.3, 0.4) is 0 Å². The minimum atomic E-state index is -0.773. The molecule has 0 amide bonds. The molecule has 0 saturated heterocycles. The predicted octanol–water partition coefficient (Wildman–Crippen LogP) is 3.43. The van der Waals surface area contributed by atoms with Crippen molar-refractivity contribution in [3.05, 3.63) is 27.6 Å². The highest BCUT2D eigenvalue weighted by molar-refractivity contribution is 6.08. The Bertz CT molecular complexity index is 854. The summed E-state index contributed by atoms with van der Waals surface area (Å²) < 4.78 is 9.99. The number of Topliss-reactive ketones (excluding diaryl/α,β-unsaturated/α-hetero) is 1. The summed E-state index contributed by atoms with van der Waals surface area (Å²) in [5.74, 6) is -1.22. The SMILES string of the molecule is COc1cc(-c2noc(C)n2)c(C(=O)C2CCCCC2)c([N+](=O)[O-])c1O. The number of carbonyl (C=O) groups is 1. The summed E-state index contributed by atoms with van der Waals surface area (Å²) in [6.07, 6.45) is 4.14. The minimum absolute atomic E-state index is 0.0445. The zero-order chi connectivity index (χ0) is 18.8. The van der Waals surface area contributed by atoms with E-state index in [2.05, 4.69) is 10.1 Å². The first-order chi connectivity index (χ1) is 12.4. The number of aromatic hydroxyl groups is 1. The predicted molar refractivity (Wildman–Crippen MR) is 90.2 cm³/mol. The van der Waals surface area contributed by atoms with E-state index >= 15 is 0 Å². The molecule has 3 rings (SSSR count). The molecular formula is C17H19N3O6. The van der Waals surface area contributed by atoms with Crippen LogP contribution in [-0.4, -0.2) is 33.1 Å². The van der Waals surface area contributed by atoms with Crippen LogP contribution in [0.1, 0.15) is 48.4 Å². The number of rotatable bonds is 5. The van der Waals surface area contributed by atoms with Crippen molar-refractivity contribution < 1.29 is 24.1 Å². The van der Waals surface area contributed by atoms with Gasteiger partial charge >= 0.3 is 5.69 Å². The first kappa shape index (κ1) is 17.8. The van der Waals surface area contributed by atoms with Gasteiger partial charge in [-0.2, -0.15) is 4.98 Å². The van der Waals surface area contributed by atoms with Gasteiger partial charge in [-0.3, -0.25) is 14.9 Å². The number of aryl methyl sites for hydroxylation is 1. The fraction of sp³-hybridized carbons (Fsp3) is 0.471. The Morgan fingerprint density at radius 2 is 2.08 bits per heavy atom. The number of carbonyl (C=O) groups excluding carboxylic acids is 1. The number of nitro groups is 1. The summed E-state index contributed by atoms with van der Waals surface area (Å²) >= 11 is 0. The van der Waals surface area contributed by atoms with E-state index in [4.69, 9.17) is 9.26 Å². The second-order valence-corrected chi connectivity index (χ2v) is 6.29. The second-order valence-electron chi connectivity index (χ2n) is 6.29. The molecule has 1 aromatic carbocycles. The molecule has 26 heavy (non-hydrogen) atoms. The molecule has 2 aromatic rings. The van der Waals surface area contributed by atoms with Gasteiger partial charge in [0.15, 0.2) is 11.5 Å². The molecule has 0 atom stereocenters. The summed E-state index contributed by atoms with van der Waals surface area (Å²) in [5, 5.41) is 25.7. The Morgan fingerprint density at radius 1 is 1.38 bits per heavy atom. The van der Waals surface area contributed by atoms with Gasteiger partial charge in [-0.15, -0.1) is 0 Å². The summed E-state index contributed by atoms with van der Waals surface area (Å²) in [6, 6.07) is 1.34. The molecule has 1 aromatic heterocycles. The third-order valence-electron chi connectivity index (χ3n) is 4.63. The molecule has 1 saturated carbocycles. The van der Waals surface area contributed by atoms with E-state index in [-0.39, 0.29) is 40.3 Å². The van der Waals surface area contributed by atoms with E-state index < -0.39 is 16.4 Å². The lowest BCUT2D eigenvalue weighted by molar-refractivity contribution is -0.386. The van der Waals surface area contributed by atoms with E-state index in [9.17, 15) is 20.0 Å². The van der Waals surface area contributed by atoms with Gasteiger partial charge in [-0.1, -0.05) is 24.4 Å². The molecule has 9 heteroatoms. The topological polar surface area (TPSA) is 129 Å². The monoisotopic (exact) mass is 361 g/mol. The summed E-state index contributed by atoms with van der Waals surface area (Å²) in [4.78, 5) is 28.1. The van der Waals surface area contributed by atoms with Gasteiger partial charge in [0, 0.05) is 18.4 Å². The number of benzene rings is 1. The van der Waals surface area contributed by atoms with Gasteiger partial charge in [-0.05, 0) is 18.9 Å². The number of phenolic OH excluding ortho intramolecular Hbond substituents is 1. The Balaban J connectivity index is 2.25. The summed E-state index contributed by atoms with van der Waals surface area (Å²) in [6.45, 7) is 1.57. The van der Waals surface area contributed by atoms with Crippen molar-refractivity contribution in [1.29, 1.82) is 0 Å². The van der Waals surface area contributed by atoms with Gasteiger partial charge in [-0.25, -0.2) is 0 Å². The van der Waals surface area contributed by atoms with Crippen LogP contribution in [-0.2, 0) is 0 Å². The zero-order valence-electron chi connectivity index (χ0n) is 14.5. The molecule has 0 aliphatic heterocycles. The third kappa shape index (κ3) is 3.12. The first-order valence-corrected chi connectivity index (χ1v) is 8.37. The van der Waals surface area contributed by atoms with Gasteiger partial charge in [0.05, 0.1) is 12.0 Å². The van der Waals surface area contributed by atoms with Crippen LogP contribution in [0.4, 0.5) is 5.69 Å². The van der Waals surface area contributed by atoms with Crippen LogP contribution in [0.25, 0.3) is 11.4 Å². The third-order valence-corrected chi connectivity index (χ3v) is 4.63. The number of methoxy groups -OCH3 is 1. The molecule has 1 aliphatic rings. The quantitative estimate of drug-likeness (QED) is 0.487. The van der Waals surface area contributed by atoms with E-state index in [1.807, 2.05) is 0 Å². The standard InChI is InChI=1S/C17H19N3O6/c1-9-18-17(19-26-9)11-8-12(25-2)16(22)14(20(23)24)13(11)15(21)10-6-4-3-5-7-10/h8,10,22H,3-7H2,1-2H3. The van der Waals surface area contributed by atoms with E-state index in [0.717, 1.165) is 19.3 Å². The molecule has 1 fully saturated rings. The fourth-order valence-electron chi connectivity index (χ4n) is 3.37. The van der Waals surface area contributed by atoms with Crippen molar-refractivity contribution >= 4 is 11.5 Å². The number of ketones is 1. The Kier molecular flexibility index (Phi) is 4.88. The Morgan fingerprint density at radius 3 is 2.62 bits per heavy atom. The van der Waals surface area contributed by atoms with Crippen LogP contribution in [0, 0.1) is 23.0 Å². The second kappa shape index (κ2) is 7.11. The number of hydrogen-bond acceptors (Lipinski definition) is 8. The number of aromatic nitrogens is 2.